The normalized spacial score (nSPS) is 10.7. The van der Waals surface area contributed by atoms with Crippen LogP contribution in [0.1, 0.15) is 10.5 Å². The summed E-state index contributed by atoms with van der Waals surface area (Å²) in [7, 11) is 1.60. The van der Waals surface area contributed by atoms with E-state index in [1.807, 2.05) is 18.2 Å². The summed E-state index contributed by atoms with van der Waals surface area (Å²) in [6.07, 6.45) is 3.37. The molecule has 2 aromatic heterocycles. The number of ether oxygens (including phenoxy) is 1. The van der Waals surface area contributed by atoms with Gasteiger partial charge in [0.05, 0.1) is 12.6 Å². The number of hydrogen-bond acceptors (Lipinski definition) is 4. The van der Waals surface area contributed by atoms with Crippen molar-refractivity contribution < 1.29 is 9.53 Å². The Morgan fingerprint density at radius 3 is 2.95 bits per heavy atom. The molecule has 3 N–H and O–H groups in total. The lowest BCUT2D eigenvalue weighted by atomic mass is 10.0. The van der Waals surface area contributed by atoms with Gasteiger partial charge in [0.2, 0.25) is 0 Å². The van der Waals surface area contributed by atoms with Crippen LogP contribution in [0.25, 0.3) is 22.0 Å². The Hall–Kier alpha value is -2.89. The molecule has 0 atom stereocenters. The number of carbonyl (C=O) groups is 1. The number of nitrogens with zero attached hydrogens (tertiary/aromatic N) is 2. The largest absolute Gasteiger partial charge is 0.496 e. The Morgan fingerprint density at radius 1 is 1.35 bits per heavy atom. The number of H-pyrrole nitrogens is 1. The van der Waals surface area contributed by atoms with Crippen molar-refractivity contribution in [3.05, 3.63) is 42.4 Å². The topological polar surface area (TPSA) is 93.9 Å². The Balaban J connectivity index is 2.22. The van der Waals surface area contributed by atoms with Crippen molar-refractivity contribution in [3.63, 3.8) is 0 Å². The zero-order valence-electron chi connectivity index (χ0n) is 10.8. The average molecular weight is 268 g/mol. The van der Waals surface area contributed by atoms with E-state index in [1.165, 1.54) is 0 Å². The van der Waals surface area contributed by atoms with Crippen molar-refractivity contribution in [2.75, 3.05) is 7.11 Å². The molecular weight excluding hydrogens is 256 g/mol. The van der Waals surface area contributed by atoms with E-state index in [9.17, 15) is 4.79 Å². The Kier molecular flexibility index (Phi) is 2.83. The molecule has 1 amide bonds. The maximum atomic E-state index is 11.3. The molecule has 0 aliphatic carbocycles. The average Bonchev–Trinajstić information content (AvgIpc) is 2.90. The fourth-order valence-corrected chi connectivity index (χ4v) is 2.15. The minimum atomic E-state index is -0.563. The van der Waals surface area contributed by atoms with Gasteiger partial charge in [-0.15, -0.1) is 0 Å². The summed E-state index contributed by atoms with van der Waals surface area (Å²) in [5.41, 5.74) is 8.01. The molecule has 0 saturated carbocycles. The van der Waals surface area contributed by atoms with Crippen molar-refractivity contribution in [3.8, 4) is 16.9 Å². The highest BCUT2D eigenvalue weighted by molar-refractivity contribution is 6.05. The number of rotatable bonds is 3. The second kappa shape index (κ2) is 4.65. The van der Waals surface area contributed by atoms with Crippen LogP contribution in [-0.4, -0.2) is 28.2 Å². The van der Waals surface area contributed by atoms with Crippen molar-refractivity contribution in [2.24, 2.45) is 5.73 Å². The summed E-state index contributed by atoms with van der Waals surface area (Å²) in [5, 5.41) is 7.39. The van der Waals surface area contributed by atoms with Gasteiger partial charge < -0.3 is 10.5 Å². The predicted molar refractivity (Wildman–Crippen MR) is 74.4 cm³/mol. The van der Waals surface area contributed by atoms with Crippen LogP contribution in [-0.2, 0) is 0 Å². The van der Waals surface area contributed by atoms with Crippen LogP contribution >= 0.6 is 0 Å². The standard InChI is InChI=1S/C14H12N4O2/c1-20-12-4-5-16-7-10(12)8-2-3-11-9(6-8)13(14(15)19)18-17-11/h2-7H,1H3,(H2,15,19)(H,17,18). The minimum Gasteiger partial charge on any atom is -0.496 e. The van der Waals surface area contributed by atoms with E-state index >= 15 is 0 Å². The van der Waals surface area contributed by atoms with Crippen molar-refractivity contribution in [2.45, 2.75) is 0 Å². The number of primary amides is 1. The van der Waals surface area contributed by atoms with Gasteiger partial charge in [0.25, 0.3) is 5.91 Å². The minimum absolute atomic E-state index is 0.227. The molecule has 0 fully saturated rings. The van der Waals surface area contributed by atoms with Crippen LogP contribution in [0.5, 0.6) is 5.75 Å². The van der Waals surface area contributed by atoms with Gasteiger partial charge in [0, 0.05) is 23.3 Å². The quantitative estimate of drug-likeness (QED) is 0.756. The van der Waals surface area contributed by atoms with Crippen LogP contribution in [0, 0.1) is 0 Å². The molecule has 0 aliphatic rings. The molecule has 3 rings (SSSR count). The molecule has 6 nitrogen and oxygen atoms in total. The maximum Gasteiger partial charge on any atom is 0.269 e. The molecular formula is C14H12N4O2. The van der Waals surface area contributed by atoms with Gasteiger partial charge in [-0.05, 0) is 23.8 Å². The summed E-state index contributed by atoms with van der Waals surface area (Å²) in [5.74, 6) is 0.148. The van der Waals surface area contributed by atoms with Gasteiger partial charge in [-0.1, -0.05) is 6.07 Å². The fourth-order valence-electron chi connectivity index (χ4n) is 2.15. The van der Waals surface area contributed by atoms with E-state index in [2.05, 4.69) is 15.2 Å². The molecule has 100 valence electrons. The Morgan fingerprint density at radius 2 is 2.20 bits per heavy atom. The van der Waals surface area contributed by atoms with Gasteiger partial charge in [-0.2, -0.15) is 5.10 Å². The number of hydrogen-bond donors (Lipinski definition) is 2. The summed E-state index contributed by atoms with van der Waals surface area (Å²) in [6.45, 7) is 0. The molecule has 0 spiro atoms. The van der Waals surface area contributed by atoms with Gasteiger partial charge in [-0.3, -0.25) is 14.9 Å². The van der Waals surface area contributed by atoms with E-state index in [4.69, 9.17) is 10.5 Å². The smallest absolute Gasteiger partial charge is 0.269 e. The van der Waals surface area contributed by atoms with Crippen LogP contribution < -0.4 is 10.5 Å². The molecule has 20 heavy (non-hydrogen) atoms. The monoisotopic (exact) mass is 268 g/mol. The first kappa shape index (κ1) is 12.2. The Bertz CT molecular complexity index is 795. The van der Waals surface area contributed by atoms with E-state index in [0.717, 1.165) is 16.6 Å². The lowest BCUT2D eigenvalue weighted by molar-refractivity contribution is 0.0997. The first-order valence-corrected chi connectivity index (χ1v) is 5.97. The van der Waals surface area contributed by atoms with Crippen molar-refractivity contribution in [1.82, 2.24) is 15.2 Å². The number of nitrogens with one attached hydrogen (secondary N) is 1. The van der Waals surface area contributed by atoms with Crippen LogP contribution in [0.15, 0.2) is 36.7 Å². The Labute approximate surface area is 114 Å². The zero-order chi connectivity index (χ0) is 14.1. The van der Waals surface area contributed by atoms with Crippen LogP contribution in [0.3, 0.4) is 0 Å². The number of methoxy groups -OCH3 is 1. The summed E-state index contributed by atoms with van der Waals surface area (Å²) >= 11 is 0. The van der Waals surface area contributed by atoms with Gasteiger partial charge in [0.15, 0.2) is 5.69 Å². The highest BCUT2D eigenvalue weighted by Crippen LogP contribution is 2.31. The van der Waals surface area contributed by atoms with Crippen molar-refractivity contribution in [1.29, 1.82) is 0 Å². The SMILES string of the molecule is COc1ccncc1-c1ccc2[nH]nc(C(N)=O)c2c1. The molecule has 1 aromatic carbocycles. The number of aromatic nitrogens is 3. The number of fused-ring (bicyclic) bond motifs is 1. The third-order valence-corrected chi connectivity index (χ3v) is 3.11. The summed E-state index contributed by atoms with van der Waals surface area (Å²) in [6, 6.07) is 7.38. The fraction of sp³-hybridized carbons (Fsp3) is 0.0714. The molecule has 0 aliphatic heterocycles. The van der Waals surface area contributed by atoms with Gasteiger partial charge in [0.1, 0.15) is 5.75 Å². The number of benzene rings is 1. The second-order valence-electron chi connectivity index (χ2n) is 4.27. The maximum absolute atomic E-state index is 11.3. The van der Waals surface area contributed by atoms with Gasteiger partial charge >= 0.3 is 0 Å². The predicted octanol–water partition coefficient (Wildman–Crippen LogP) is 1.73. The van der Waals surface area contributed by atoms with Gasteiger partial charge in [-0.25, -0.2) is 0 Å². The zero-order valence-corrected chi connectivity index (χ0v) is 10.8. The number of nitrogens with two attached hydrogens (primary N) is 1. The van der Waals surface area contributed by atoms with Crippen LogP contribution in [0.4, 0.5) is 0 Å². The van der Waals surface area contributed by atoms with E-state index in [-0.39, 0.29) is 5.69 Å². The molecule has 0 radical (unpaired) electrons. The highest BCUT2D eigenvalue weighted by atomic mass is 16.5. The molecule has 0 unspecified atom stereocenters. The third kappa shape index (κ3) is 1.87. The molecule has 3 aromatic rings. The first-order chi connectivity index (χ1) is 9.70. The molecule has 6 heteroatoms. The number of amides is 1. The molecule has 0 bridgehead atoms. The highest BCUT2D eigenvalue weighted by Gasteiger charge is 2.13. The number of carbonyl (C=O) groups excluding carboxylic acids is 1. The van der Waals surface area contributed by atoms with Crippen LogP contribution in [0.2, 0.25) is 0 Å². The van der Waals surface area contributed by atoms with E-state index in [0.29, 0.717) is 11.1 Å². The summed E-state index contributed by atoms with van der Waals surface area (Å²) in [4.78, 5) is 15.4. The lowest BCUT2D eigenvalue weighted by Gasteiger charge is -2.07. The number of pyridine rings is 1. The van der Waals surface area contributed by atoms with Crippen molar-refractivity contribution >= 4 is 16.8 Å². The second-order valence-corrected chi connectivity index (χ2v) is 4.27. The molecule has 2 heterocycles. The molecule has 0 saturated heterocycles. The lowest BCUT2D eigenvalue weighted by Crippen LogP contribution is -2.11. The van der Waals surface area contributed by atoms with E-state index < -0.39 is 5.91 Å². The third-order valence-electron chi connectivity index (χ3n) is 3.11. The first-order valence-electron chi connectivity index (χ1n) is 5.97. The van der Waals surface area contributed by atoms with E-state index in [1.54, 1.807) is 25.6 Å². The summed E-state index contributed by atoms with van der Waals surface area (Å²) < 4.78 is 5.32. The number of aromatic amines is 1.